The topological polar surface area (TPSA) is 40.1 Å². The zero-order valence-electron chi connectivity index (χ0n) is 16.8. The molecule has 0 radical (unpaired) electrons. The Morgan fingerprint density at radius 3 is 2.83 bits per heavy atom. The van der Waals surface area contributed by atoms with Crippen molar-refractivity contribution < 1.29 is 4.74 Å². The lowest BCUT2D eigenvalue weighted by Gasteiger charge is -2.40. The van der Waals surface area contributed by atoms with E-state index in [4.69, 9.17) is 21.3 Å². The van der Waals surface area contributed by atoms with Gasteiger partial charge in [0.1, 0.15) is 10.8 Å². The van der Waals surface area contributed by atoms with Crippen LogP contribution in [0.25, 0.3) is 0 Å². The first-order valence-corrected chi connectivity index (χ1v) is 10.4. The number of aliphatic imine (C=N–C) groups is 1. The van der Waals surface area contributed by atoms with Crippen molar-refractivity contribution in [1.29, 1.82) is 0 Å². The van der Waals surface area contributed by atoms with Crippen LogP contribution in [0.1, 0.15) is 16.9 Å². The number of rotatable bonds is 3. The number of thiophene rings is 1. The molecule has 0 spiro atoms. The summed E-state index contributed by atoms with van der Waals surface area (Å²) >= 11 is 8.02. The van der Waals surface area contributed by atoms with Crippen LogP contribution in [0.3, 0.4) is 0 Å². The Morgan fingerprint density at radius 2 is 2.07 bits per heavy atom. The van der Waals surface area contributed by atoms with Gasteiger partial charge in [-0.3, -0.25) is 4.90 Å². The number of nitrogens with zero attached hydrogens (tertiary/aromatic N) is 3. The summed E-state index contributed by atoms with van der Waals surface area (Å²) in [6.07, 6.45) is 1.02. The Labute approximate surface area is 193 Å². The summed E-state index contributed by atoms with van der Waals surface area (Å²) < 4.78 is 5.31. The fourth-order valence-corrected chi connectivity index (χ4v) is 4.80. The van der Waals surface area contributed by atoms with Gasteiger partial charge < -0.3 is 15.0 Å². The SMILES string of the molecule is COCC[C@H]1CN(C2=Nc3cc(Cl)ccc3Nc3sc(C)cc32)CCN1C.Cl.Cl. The molecule has 1 N–H and O–H groups in total. The fourth-order valence-electron chi connectivity index (χ4n) is 3.72. The molecule has 0 saturated carbocycles. The molecular formula is C20H27Cl3N4OS. The molecule has 1 saturated heterocycles. The number of hydrogen-bond acceptors (Lipinski definition) is 6. The number of anilines is 2. The molecule has 1 atom stereocenters. The van der Waals surface area contributed by atoms with Crippen molar-refractivity contribution in [3.8, 4) is 0 Å². The van der Waals surface area contributed by atoms with Crippen molar-refractivity contribution >= 4 is 70.0 Å². The summed E-state index contributed by atoms with van der Waals surface area (Å²) in [7, 11) is 3.96. The second kappa shape index (κ2) is 10.3. The predicted molar refractivity (Wildman–Crippen MR) is 129 cm³/mol. The quantitative estimate of drug-likeness (QED) is 0.647. The maximum atomic E-state index is 6.24. The molecule has 29 heavy (non-hydrogen) atoms. The third-order valence-corrected chi connectivity index (χ3v) is 6.46. The zero-order chi connectivity index (χ0) is 19.0. The molecule has 2 aliphatic heterocycles. The van der Waals surface area contributed by atoms with E-state index < -0.39 is 0 Å². The Balaban J connectivity index is 0.00000150. The van der Waals surface area contributed by atoms with Crippen molar-refractivity contribution in [2.24, 2.45) is 4.99 Å². The van der Waals surface area contributed by atoms with Crippen LogP contribution < -0.4 is 5.32 Å². The number of hydrogen-bond donors (Lipinski definition) is 1. The second-order valence-electron chi connectivity index (χ2n) is 7.18. The lowest BCUT2D eigenvalue weighted by molar-refractivity contribution is 0.100. The summed E-state index contributed by atoms with van der Waals surface area (Å²) in [6, 6.07) is 8.55. The molecule has 0 amide bonds. The minimum Gasteiger partial charge on any atom is -0.385 e. The molecule has 5 nitrogen and oxygen atoms in total. The third-order valence-electron chi connectivity index (χ3n) is 5.26. The first kappa shape index (κ1) is 24.3. The van der Waals surface area contributed by atoms with Gasteiger partial charge in [-0.05, 0) is 44.7 Å². The van der Waals surface area contributed by atoms with Gasteiger partial charge in [0.25, 0.3) is 0 Å². The van der Waals surface area contributed by atoms with Crippen LogP contribution in [0, 0.1) is 6.92 Å². The number of piperazine rings is 1. The van der Waals surface area contributed by atoms with E-state index in [-0.39, 0.29) is 24.8 Å². The number of likely N-dealkylation sites (N-methyl/N-ethyl adjacent to an activating group) is 1. The van der Waals surface area contributed by atoms with Crippen LogP contribution in [-0.4, -0.2) is 62.1 Å². The molecule has 0 bridgehead atoms. The van der Waals surface area contributed by atoms with Gasteiger partial charge in [-0.15, -0.1) is 36.2 Å². The van der Waals surface area contributed by atoms with Crippen molar-refractivity contribution in [2.75, 3.05) is 45.7 Å². The van der Waals surface area contributed by atoms with Crippen molar-refractivity contribution in [3.05, 3.63) is 39.7 Å². The van der Waals surface area contributed by atoms with E-state index in [2.05, 4.69) is 35.2 Å². The lowest BCUT2D eigenvalue weighted by atomic mass is 10.1. The van der Waals surface area contributed by atoms with Gasteiger partial charge in [-0.1, -0.05) is 11.6 Å². The molecule has 1 aromatic heterocycles. The number of ether oxygens (including phenoxy) is 1. The van der Waals surface area contributed by atoms with Gasteiger partial charge in [0, 0.05) is 49.3 Å². The highest BCUT2D eigenvalue weighted by Gasteiger charge is 2.29. The zero-order valence-corrected chi connectivity index (χ0v) is 20.0. The van der Waals surface area contributed by atoms with Gasteiger partial charge in [0.15, 0.2) is 0 Å². The van der Waals surface area contributed by atoms with Crippen LogP contribution in [0.4, 0.5) is 16.4 Å². The molecule has 1 aromatic carbocycles. The summed E-state index contributed by atoms with van der Waals surface area (Å²) in [5.74, 6) is 1.04. The summed E-state index contributed by atoms with van der Waals surface area (Å²) in [4.78, 5) is 11.2. The largest absolute Gasteiger partial charge is 0.385 e. The number of methoxy groups -OCH3 is 1. The van der Waals surface area contributed by atoms with Crippen LogP contribution in [0.15, 0.2) is 29.3 Å². The summed E-state index contributed by atoms with van der Waals surface area (Å²) in [5.41, 5.74) is 3.08. The normalized spacial score (nSPS) is 18.4. The molecule has 1 fully saturated rings. The highest BCUT2D eigenvalue weighted by molar-refractivity contribution is 7.16. The minimum atomic E-state index is 0. The van der Waals surface area contributed by atoms with Gasteiger partial charge in [-0.25, -0.2) is 4.99 Å². The average molecular weight is 478 g/mol. The maximum Gasteiger partial charge on any atom is 0.139 e. The molecule has 3 heterocycles. The second-order valence-corrected chi connectivity index (χ2v) is 8.88. The highest BCUT2D eigenvalue weighted by atomic mass is 35.5. The number of aryl methyl sites for hydroxylation is 1. The third kappa shape index (κ3) is 5.19. The number of nitrogens with one attached hydrogen (secondary N) is 1. The molecular weight excluding hydrogens is 451 g/mol. The van der Waals surface area contributed by atoms with E-state index in [0.29, 0.717) is 11.1 Å². The Hall–Kier alpha value is -1.02. The molecule has 2 aliphatic rings. The van der Waals surface area contributed by atoms with E-state index in [1.54, 1.807) is 18.4 Å². The van der Waals surface area contributed by atoms with Gasteiger partial charge in [-0.2, -0.15) is 0 Å². The maximum absolute atomic E-state index is 6.24. The first-order valence-electron chi connectivity index (χ1n) is 9.25. The fraction of sp³-hybridized carbons (Fsp3) is 0.450. The smallest absolute Gasteiger partial charge is 0.139 e. The number of amidine groups is 1. The number of benzene rings is 1. The summed E-state index contributed by atoms with van der Waals surface area (Å²) in [6.45, 7) is 5.85. The van der Waals surface area contributed by atoms with Gasteiger partial charge >= 0.3 is 0 Å². The van der Waals surface area contributed by atoms with Crippen molar-refractivity contribution in [3.63, 3.8) is 0 Å². The molecule has 160 valence electrons. The van der Waals surface area contributed by atoms with Crippen LogP contribution in [0.2, 0.25) is 5.02 Å². The minimum absolute atomic E-state index is 0. The average Bonchev–Trinajstić information content (AvgIpc) is 2.94. The van der Waals surface area contributed by atoms with E-state index in [0.717, 1.165) is 54.9 Å². The molecule has 0 aliphatic carbocycles. The van der Waals surface area contributed by atoms with Crippen molar-refractivity contribution in [1.82, 2.24) is 9.80 Å². The van der Waals surface area contributed by atoms with Crippen LogP contribution in [0.5, 0.6) is 0 Å². The molecule has 0 unspecified atom stereocenters. The summed E-state index contributed by atoms with van der Waals surface area (Å²) in [5, 5.41) is 5.42. The predicted octanol–water partition coefficient (Wildman–Crippen LogP) is 5.34. The van der Waals surface area contributed by atoms with E-state index in [1.807, 2.05) is 18.2 Å². The Kier molecular flexibility index (Phi) is 8.64. The number of fused-ring (bicyclic) bond motifs is 2. The number of halogens is 3. The van der Waals surface area contributed by atoms with E-state index in [1.165, 1.54) is 10.4 Å². The van der Waals surface area contributed by atoms with Gasteiger partial charge in [0.2, 0.25) is 0 Å². The standard InChI is InChI=1S/C20H25ClN4OS.2ClH/c1-13-10-16-19(25-8-7-24(2)15(12-25)6-9-26-3)22-18-11-14(21)4-5-17(18)23-20(16)27-13;;/h4-5,10-11,15,23H,6-9,12H2,1-3H3;2*1H/t15-;;/m0../s1. The molecule has 2 aromatic rings. The first-order chi connectivity index (χ1) is 13.0. The molecule has 9 heteroatoms. The molecule has 4 rings (SSSR count). The lowest BCUT2D eigenvalue weighted by Crippen LogP contribution is -2.53. The highest BCUT2D eigenvalue weighted by Crippen LogP contribution is 2.40. The monoisotopic (exact) mass is 476 g/mol. The Morgan fingerprint density at radius 1 is 1.28 bits per heavy atom. The van der Waals surface area contributed by atoms with E-state index >= 15 is 0 Å². The van der Waals surface area contributed by atoms with Gasteiger partial charge in [0.05, 0.1) is 16.9 Å². The van der Waals surface area contributed by atoms with Crippen molar-refractivity contribution in [2.45, 2.75) is 19.4 Å². The van der Waals surface area contributed by atoms with Crippen LogP contribution in [-0.2, 0) is 4.74 Å². The Bertz CT molecular complexity index is 873. The van der Waals surface area contributed by atoms with E-state index in [9.17, 15) is 0 Å². The van der Waals surface area contributed by atoms with Crippen LogP contribution >= 0.6 is 47.8 Å².